The Kier molecular flexibility index (Phi) is 5.27. The van der Waals surface area contributed by atoms with Crippen LogP contribution in [-0.4, -0.2) is 42.0 Å². The van der Waals surface area contributed by atoms with Crippen molar-refractivity contribution >= 4 is 34.2 Å². The Bertz CT molecular complexity index is 1430. The molecule has 0 aromatic carbocycles. The van der Waals surface area contributed by atoms with Gasteiger partial charge in [0.25, 0.3) is 0 Å². The van der Waals surface area contributed by atoms with Crippen molar-refractivity contribution in [2.75, 3.05) is 5.32 Å². The van der Waals surface area contributed by atoms with Crippen LogP contribution in [-0.2, 0) is 17.6 Å². The van der Waals surface area contributed by atoms with Gasteiger partial charge in [-0.05, 0) is 74.8 Å². The van der Waals surface area contributed by atoms with E-state index in [0.717, 1.165) is 65.7 Å². The van der Waals surface area contributed by atoms with Gasteiger partial charge < -0.3 is 15.4 Å². The molecule has 4 aromatic heterocycles. The highest BCUT2D eigenvalue weighted by Crippen LogP contribution is 2.46. The number of carboxylic acid groups (broad SMARTS) is 1. The number of hydrogen-bond acceptors (Lipinski definition) is 7. The zero-order valence-electron chi connectivity index (χ0n) is 19.9. The average Bonchev–Trinajstić information content (AvgIpc) is 3.54. The largest absolute Gasteiger partial charge is 0.481 e. The third-order valence-electron chi connectivity index (χ3n) is 8.39. The fraction of sp³-hybridized carbons (Fsp3) is 0.444. The third kappa shape index (κ3) is 3.68. The molecule has 3 saturated carbocycles. The number of thiophene rings is 1. The maximum Gasteiger partial charge on any atom is 0.308 e. The van der Waals surface area contributed by atoms with Crippen molar-refractivity contribution < 1.29 is 9.90 Å². The molecular formula is C27H28N6O2S. The van der Waals surface area contributed by atoms with E-state index in [2.05, 4.69) is 26.3 Å². The summed E-state index contributed by atoms with van der Waals surface area (Å²) in [5, 5.41) is 14.5. The van der Waals surface area contributed by atoms with Crippen LogP contribution in [0.1, 0.15) is 49.0 Å². The molecule has 3 N–H and O–H groups in total. The first kappa shape index (κ1) is 21.9. The van der Waals surface area contributed by atoms with Crippen LogP contribution in [0.5, 0.6) is 0 Å². The fourth-order valence-electron chi connectivity index (χ4n) is 6.61. The van der Waals surface area contributed by atoms with Crippen LogP contribution < -0.4 is 5.32 Å². The van der Waals surface area contributed by atoms with E-state index < -0.39 is 5.97 Å². The van der Waals surface area contributed by atoms with E-state index in [1.165, 1.54) is 29.6 Å². The lowest BCUT2D eigenvalue weighted by atomic mass is 9.61. The van der Waals surface area contributed by atoms with Crippen LogP contribution in [0, 0.1) is 17.8 Å². The van der Waals surface area contributed by atoms with E-state index in [1.54, 1.807) is 6.20 Å². The highest BCUT2D eigenvalue weighted by molar-refractivity contribution is 7.15. The van der Waals surface area contributed by atoms with Crippen molar-refractivity contribution in [3.63, 3.8) is 0 Å². The lowest BCUT2D eigenvalue weighted by Crippen LogP contribution is -2.51. The van der Waals surface area contributed by atoms with Gasteiger partial charge in [0.1, 0.15) is 17.8 Å². The van der Waals surface area contributed by atoms with Crippen molar-refractivity contribution in [2.45, 2.75) is 57.4 Å². The van der Waals surface area contributed by atoms with E-state index in [1.807, 2.05) is 23.6 Å². The molecule has 8 nitrogen and oxygen atoms in total. The minimum absolute atomic E-state index is 0.117. The number of aromatic nitrogens is 5. The molecule has 4 aromatic rings. The van der Waals surface area contributed by atoms with Crippen LogP contribution in [0.2, 0.25) is 0 Å². The standard InChI is InChI=1S/C27H28N6O2S/c34-27(35)23-14-5-7-15(8-6-14)24(23)32-22-10-19(21-9-16-3-1-2-4-20(16)36-21)31-26(33-22)18-12-29-25-17(18)11-28-13-30-25/h9-15,23-24H,1-8H2,(H,34,35)(H,28,29,30)(H,31,32,33). The first-order valence-corrected chi connectivity index (χ1v) is 13.7. The van der Waals surface area contributed by atoms with Crippen LogP contribution in [0.4, 0.5) is 5.82 Å². The number of rotatable bonds is 5. The second-order valence-corrected chi connectivity index (χ2v) is 11.6. The van der Waals surface area contributed by atoms with Crippen molar-refractivity contribution in [2.24, 2.45) is 17.8 Å². The van der Waals surface area contributed by atoms with Crippen LogP contribution in [0.25, 0.3) is 33.0 Å². The van der Waals surface area contributed by atoms with Crippen molar-refractivity contribution in [1.29, 1.82) is 0 Å². The summed E-state index contributed by atoms with van der Waals surface area (Å²) in [6.07, 6.45) is 14.1. The Morgan fingerprint density at radius 3 is 2.75 bits per heavy atom. The van der Waals surface area contributed by atoms with Gasteiger partial charge >= 0.3 is 5.97 Å². The van der Waals surface area contributed by atoms with Crippen molar-refractivity contribution in [1.82, 2.24) is 24.9 Å². The highest BCUT2D eigenvalue weighted by atomic mass is 32.1. The summed E-state index contributed by atoms with van der Waals surface area (Å²) in [7, 11) is 0. The second-order valence-electron chi connectivity index (χ2n) is 10.4. The number of nitrogens with one attached hydrogen (secondary N) is 2. The topological polar surface area (TPSA) is 117 Å². The SMILES string of the molecule is O=C(O)C1C2CCC(CC2)C1Nc1cc(-c2cc3c(s2)CCCC3)nc(-c2c[nH]c3ncncc23)n1. The number of fused-ring (bicyclic) bond motifs is 5. The monoisotopic (exact) mass is 500 g/mol. The van der Waals surface area contributed by atoms with Gasteiger partial charge in [-0.1, -0.05) is 0 Å². The molecule has 4 heterocycles. The molecule has 0 aliphatic heterocycles. The highest BCUT2D eigenvalue weighted by Gasteiger charge is 2.47. The minimum Gasteiger partial charge on any atom is -0.481 e. The molecule has 0 radical (unpaired) electrons. The molecule has 3 fully saturated rings. The maximum atomic E-state index is 12.3. The zero-order valence-corrected chi connectivity index (χ0v) is 20.7. The van der Waals surface area contributed by atoms with E-state index >= 15 is 0 Å². The van der Waals surface area contributed by atoms with Gasteiger partial charge in [-0.2, -0.15) is 0 Å². The summed E-state index contributed by atoms with van der Waals surface area (Å²) in [6.45, 7) is 0. The molecule has 0 spiro atoms. The second kappa shape index (κ2) is 8.65. The summed E-state index contributed by atoms with van der Waals surface area (Å²) >= 11 is 1.83. The van der Waals surface area contributed by atoms with Gasteiger partial charge in [0, 0.05) is 40.3 Å². The summed E-state index contributed by atoms with van der Waals surface area (Å²) < 4.78 is 0. The Labute approximate surface area is 212 Å². The van der Waals surface area contributed by atoms with Gasteiger partial charge in [-0.15, -0.1) is 11.3 Å². The van der Waals surface area contributed by atoms with Gasteiger partial charge in [0.05, 0.1) is 16.5 Å². The van der Waals surface area contributed by atoms with Gasteiger partial charge in [0.15, 0.2) is 5.82 Å². The first-order chi connectivity index (χ1) is 17.6. The zero-order chi connectivity index (χ0) is 24.2. The smallest absolute Gasteiger partial charge is 0.308 e. The number of carbonyl (C=O) groups is 1. The van der Waals surface area contributed by atoms with E-state index in [0.29, 0.717) is 17.6 Å². The van der Waals surface area contributed by atoms with E-state index in [4.69, 9.17) is 9.97 Å². The van der Waals surface area contributed by atoms with E-state index in [-0.39, 0.29) is 17.9 Å². The van der Waals surface area contributed by atoms with Crippen LogP contribution >= 0.6 is 11.3 Å². The van der Waals surface area contributed by atoms with E-state index in [9.17, 15) is 9.90 Å². The number of nitrogens with zero attached hydrogens (tertiary/aromatic N) is 4. The predicted molar refractivity (Wildman–Crippen MR) is 139 cm³/mol. The number of aromatic amines is 1. The molecule has 184 valence electrons. The molecule has 4 aliphatic rings. The molecular weight excluding hydrogens is 472 g/mol. The number of anilines is 1. The molecule has 2 unspecified atom stereocenters. The summed E-state index contributed by atoms with van der Waals surface area (Å²) in [6, 6.07) is 4.18. The maximum absolute atomic E-state index is 12.3. The number of aliphatic carboxylic acids is 1. The predicted octanol–water partition coefficient (Wildman–Crippen LogP) is 5.32. The molecule has 4 aliphatic carbocycles. The number of hydrogen-bond donors (Lipinski definition) is 3. The average molecular weight is 501 g/mol. The third-order valence-corrected chi connectivity index (χ3v) is 9.65. The lowest BCUT2D eigenvalue weighted by molar-refractivity contribution is -0.148. The minimum atomic E-state index is -0.698. The fourth-order valence-corrected chi connectivity index (χ4v) is 7.83. The first-order valence-electron chi connectivity index (χ1n) is 12.9. The van der Waals surface area contributed by atoms with Crippen LogP contribution in [0.15, 0.2) is 30.9 Å². The van der Waals surface area contributed by atoms with Gasteiger partial charge in [-0.25, -0.2) is 19.9 Å². The van der Waals surface area contributed by atoms with Gasteiger partial charge in [-0.3, -0.25) is 4.79 Å². The molecule has 2 bridgehead atoms. The molecule has 0 amide bonds. The Balaban J connectivity index is 1.33. The number of aryl methyl sites for hydroxylation is 2. The molecule has 8 rings (SSSR count). The molecule has 9 heteroatoms. The van der Waals surface area contributed by atoms with Crippen LogP contribution in [0.3, 0.4) is 0 Å². The molecule has 36 heavy (non-hydrogen) atoms. The molecule has 2 atom stereocenters. The Hall–Kier alpha value is -3.33. The summed E-state index contributed by atoms with van der Waals surface area (Å²) in [4.78, 5) is 36.5. The van der Waals surface area contributed by atoms with Crippen molar-refractivity contribution in [3.05, 3.63) is 41.3 Å². The summed E-state index contributed by atoms with van der Waals surface area (Å²) in [5.41, 5.74) is 3.90. The van der Waals surface area contributed by atoms with Gasteiger partial charge in [0.2, 0.25) is 0 Å². The molecule has 0 saturated heterocycles. The number of carboxylic acids is 1. The Morgan fingerprint density at radius 1 is 1.08 bits per heavy atom. The number of H-pyrrole nitrogens is 1. The quantitative estimate of drug-likeness (QED) is 0.339. The normalized spacial score (nSPS) is 25.1. The van der Waals surface area contributed by atoms with Crippen molar-refractivity contribution in [3.8, 4) is 22.0 Å². The summed E-state index contributed by atoms with van der Waals surface area (Å²) in [5.74, 6) is 0.798. The lowest BCUT2D eigenvalue weighted by Gasteiger charge is -2.47. The Morgan fingerprint density at radius 2 is 1.92 bits per heavy atom.